The SMILES string of the molecule is Cc1cccc(NC(N)=O)c1CCl. The molecule has 0 fully saturated rings. The minimum Gasteiger partial charge on any atom is -0.351 e. The first-order chi connectivity index (χ1) is 6.15. The Morgan fingerprint density at radius 1 is 1.62 bits per heavy atom. The van der Waals surface area contributed by atoms with Gasteiger partial charge in [0, 0.05) is 11.6 Å². The number of nitrogens with two attached hydrogens (primary N) is 1. The first-order valence-corrected chi connectivity index (χ1v) is 4.39. The molecule has 0 aliphatic heterocycles. The molecule has 70 valence electrons. The number of benzene rings is 1. The number of alkyl halides is 1. The highest BCUT2D eigenvalue weighted by molar-refractivity contribution is 6.17. The Morgan fingerprint density at radius 3 is 2.85 bits per heavy atom. The number of nitrogens with one attached hydrogen (secondary N) is 1. The summed E-state index contributed by atoms with van der Waals surface area (Å²) in [6.07, 6.45) is 0. The van der Waals surface area contributed by atoms with Crippen LogP contribution in [0.1, 0.15) is 11.1 Å². The van der Waals surface area contributed by atoms with Gasteiger partial charge in [-0.15, -0.1) is 11.6 Å². The predicted molar refractivity (Wildman–Crippen MR) is 53.9 cm³/mol. The summed E-state index contributed by atoms with van der Waals surface area (Å²) < 4.78 is 0. The topological polar surface area (TPSA) is 55.1 Å². The van der Waals surface area contributed by atoms with Crippen LogP contribution in [0.25, 0.3) is 0 Å². The lowest BCUT2D eigenvalue weighted by Gasteiger charge is -2.09. The molecule has 1 aromatic rings. The summed E-state index contributed by atoms with van der Waals surface area (Å²) in [5.74, 6) is 0.363. The van der Waals surface area contributed by atoms with Gasteiger partial charge in [0.05, 0.1) is 0 Å². The molecule has 2 amide bonds. The van der Waals surface area contributed by atoms with Crippen molar-refractivity contribution in [3.05, 3.63) is 29.3 Å². The Kier molecular flexibility index (Phi) is 3.14. The molecule has 0 saturated heterocycles. The summed E-state index contributed by atoms with van der Waals surface area (Å²) in [6, 6.07) is 4.98. The lowest BCUT2D eigenvalue weighted by Crippen LogP contribution is -2.20. The van der Waals surface area contributed by atoms with Gasteiger partial charge >= 0.3 is 6.03 Å². The lowest BCUT2D eigenvalue weighted by atomic mass is 10.1. The Morgan fingerprint density at radius 2 is 2.31 bits per heavy atom. The van der Waals surface area contributed by atoms with E-state index in [9.17, 15) is 4.79 Å². The fraction of sp³-hybridized carbons (Fsp3) is 0.222. The molecule has 3 N–H and O–H groups in total. The summed E-state index contributed by atoms with van der Waals surface area (Å²) in [6.45, 7) is 1.93. The van der Waals surface area contributed by atoms with Crippen LogP contribution in [0, 0.1) is 6.92 Å². The van der Waals surface area contributed by atoms with Crippen molar-refractivity contribution in [1.82, 2.24) is 0 Å². The highest BCUT2D eigenvalue weighted by Gasteiger charge is 2.04. The van der Waals surface area contributed by atoms with Crippen LogP contribution < -0.4 is 11.1 Å². The Labute approximate surface area is 81.9 Å². The summed E-state index contributed by atoms with van der Waals surface area (Å²) in [7, 11) is 0. The molecular formula is C9H11ClN2O. The molecule has 0 aromatic heterocycles. The van der Waals surface area contributed by atoms with Gasteiger partial charge in [0.25, 0.3) is 0 Å². The zero-order valence-corrected chi connectivity index (χ0v) is 8.06. The van der Waals surface area contributed by atoms with Crippen molar-refractivity contribution >= 4 is 23.3 Å². The maximum Gasteiger partial charge on any atom is 0.316 e. The van der Waals surface area contributed by atoms with Crippen molar-refractivity contribution in [1.29, 1.82) is 0 Å². The average molecular weight is 199 g/mol. The van der Waals surface area contributed by atoms with E-state index in [1.807, 2.05) is 19.1 Å². The molecule has 0 radical (unpaired) electrons. The van der Waals surface area contributed by atoms with E-state index >= 15 is 0 Å². The Hall–Kier alpha value is -1.22. The summed E-state index contributed by atoms with van der Waals surface area (Å²) in [4.78, 5) is 10.6. The first-order valence-electron chi connectivity index (χ1n) is 3.86. The second-order valence-corrected chi connectivity index (χ2v) is 2.99. The van der Waals surface area contributed by atoms with Gasteiger partial charge in [-0.1, -0.05) is 12.1 Å². The molecule has 1 rings (SSSR count). The van der Waals surface area contributed by atoms with Crippen molar-refractivity contribution in [3.63, 3.8) is 0 Å². The zero-order valence-electron chi connectivity index (χ0n) is 7.30. The highest BCUT2D eigenvalue weighted by atomic mass is 35.5. The van der Waals surface area contributed by atoms with E-state index in [1.54, 1.807) is 6.07 Å². The second kappa shape index (κ2) is 4.14. The maximum absolute atomic E-state index is 10.6. The maximum atomic E-state index is 10.6. The molecule has 0 aliphatic rings. The summed E-state index contributed by atoms with van der Waals surface area (Å²) in [5.41, 5.74) is 7.64. The van der Waals surface area contributed by atoms with Crippen molar-refractivity contribution in [2.24, 2.45) is 5.73 Å². The van der Waals surface area contributed by atoms with Crippen LogP contribution in [0.4, 0.5) is 10.5 Å². The van der Waals surface area contributed by atoms with E-state index in [0.717, 1.165) is 11.1 Å². The number of carbonyl (C=O) groups is 1. The van der Waals surface area contributed by atoms with E-state index in [-0.39, 0.29) is 0 Å². The lowest BCUT2D eigenvalue weighted by molar-refractivity contribution is 0.259. The molecule has 0 saturated carbocycles. The largest absolute Gasteiger partial charge is 0.351 e. The number of halogens is 1. The van der Waals surface area contributed by atoms with Crippen molar-refractivity contribution < 1.29 is 4.79 Å². The van der Waals surface area contributed by atoms with Crippen LogP contribution in [0.3, 0.4) is 0 Å². The average Bonchev–Trinajstić information content (AvgIpc) is 2.03. The number of hydrogen-bond acceptors (Lipinski definition) is 1. The fourth-order valence-corrected chi connectivity index (χ4v) is 1.48. The van der Waals surface area contributed by atoms with Crippen LogP contribution in [-0.2, 0) is 5.88 Å². The standard InChI is InChI=1S/C9H11ClN2O/c1-6-3-2-4-8(7(6)5-10)12-9(11)13/h2-4H,5H2,1H3,(H3,11,12,13). The number of amides is 2. The van der Waals surface area contributed by atoms with Crippen LogP contribution >= 0.6 is 11.6 Å². The molecule has 0 aliphatic carbocycles. The summed E-state index contributed by atoms with van der Waals surface area (Å²) >= 11 is 5.73. The molecule has 0 spiro atoms. The molecule has 0 atom stereocenters. The molecular weight excluding hydrogens is 188 g/mol. The van der Waals surface area contributed by atoms with Crippen LogP contribution in [0.5, 0.6) is 0 Å². The third kappa shape index (κ3) is 2.36. The smallest absolute Gasteiger partial charge is 0.316 e. The fourth-order valence-electron chi connectivity index (χ4n) is 1.13. The highest BCUT2D eigenvalue weighted by Crippen LogP contribution is 2.20. The normalized spacial score (nSPS) is 9.69. The van der Waals surface area contributed by atoms with E-state index < -0.39 is 6.03 Å². The molecule has 0 heterocycles. The number of rotatable bonds is 2. The third-order valence-electron chi connectivity index (χ3n) is 1.80. The third-order valence-corrected chi connectivity index (χ3v) is 2.07. The monoisotopic (exact) mass is 198 g/mol. The number of urea groups is 1. The van der Waals surface area contributed by atoms with Gasteiger partial charge in [0.1, 0.15) is 0 Å². The van der Waals surface area contributed by atoms with Crippen molar-refractivity contribution in [3.8, 4) is 0 Å². The number of hydrogen-bond donors (Lipinski definition) is 2. The van der Waals surface area contributed by atoms with Crippen LogP contribution in [-0.4, -0.2) is 6.03 Å². The van der Waals surface area contributed by atoms with Gasteiger partial charge in [0.2, 0.25) is 0 Å². The van der Waals surface area contributed by atoms with Crippen molar-refractivity contribution in [2.45, 2.75) is 12.8 Å². The van der Waals surface area contributed by atoms with Crippen LogP contribution in [0.15, 0.2) is 18.2 Å². The Balaban J connectivity index is 3.05. The predicted octanol–water partition coefficient (Wildman–Crippen LogP) is 2.22. The van der Waals surface area contributed by atoms with Gasteiger partial charge in [-0.2, -0.15) is 0 Å². The Bertz CT molecular complexity index is 325. The minimum absolute atomic E-state index is 0.363. The van der Waals surface area contributed by atoms with E-state index in [1.165, 1.54) is 0 Å². The van der Waals surface area contributed by atoms with Crippen LogP contribution in [0.2, 0.25) is 0 Å². The van der Waals surface area contributed by atoms with E-state index in [0.29, 0.717) is 11.6 Å². The number of carbonyl (C=O) groups excluding carboxylic acids is 1. The zero-order chi connectivity index (χ0) is 9.84. The molecule has 0 bridgehead atoms. The van der Waals surface area contributed by atoms with Gasteiger partial charge < -0.3 is 11.1 Å². The second-order valence-electron chi connectivity index (χ2n) is 2.72. The van der Waals surface area contributed by atoms with Gasteiger partial charge in [-0.05, 0) is 24.1 Å². The van der Waals surface area contributed by atoms with E-state index in [4.69, 9.17) is 17.3 Å². The molecule has 3 nitrogen and oxygen atoms in total. The molecule has 1 aromatic carbocycles. The number of primary amides is 1. The number of anilines is 1. The molecule has 0 unspecified atom stereocenters. The molecule has 13 heavy (non-hydrogen) atoms. The van der Waals surface area contributed by atoms with E-state index in [2.05, 4.69) is 5.32 Å². The van der Waals surface area contributed by atoms with Gasteiger partial charge in [-0.25, -0.2) is 4.79 Å². The quantitative estimate of drug-likeness (QED) is 0.704. The number of aryl methyl sites for hydroxylation is 1. The first kappa shape index (κ1) is 9.86. The van der Waals surface area contributed by atoms with Crippen molar-refractivity contribution in [2.75, 3.05) is 5.32 Å². The van der Waals surface area contributed by atoms with Gasteiger partial charge in [0.15, 0.2) is 0 Å². The summed E-state index contributed by atoms with van der Waals surface area (Å²) in [5, 5.41) is 2.52. The molecule has 4 heteroatoms. The minimum atomic E-state index is -0.572. The van der Waals surface area contributed by atoms with Gasteiger partial charge in [-0.3, -0.25) is 0 Å².